The lowest BCUT2D eigenvalue weighted by molar-refractivity contribution is 0.0502. The van der Waals surface area contributed by atoms with Crippen molar-refractivity contribution in [2.24, 2.45) is 0 Å². The molecule has 0 bridgehead atoms. The largest absolute Gasteiger partial charge is 0.496 e. The summed E-state index contributed by atoms with van der Waals surface area (Å²) in [6, 6.07) is 4.18. The van der Waals surface area contributed by atoms with Crippen LogP contribution in [0.25, 0.3) is 0 Å². The van der Waals surface area contributed by atoms with Gasteiger partial charge < -0.3 is 14.8 Å². The second-order valence-corrected chi connectivity index (χ2v) is 7.82. The van der Waals surface area contributed by atoms with Gasteiger partial charge in [-0.25, -0.2) is 4.79 Å². The zero-order valence-electron chi connectivity index (χ0n) is 15.7. The van der Waals surface area contributed by atoms with E-state index in [1.165, 1.54) is 5.56 Å². The highest BCUT2D eigenvalue weighted by molar-refractivity contribution is 9.10. The highest BCUT2D eigenvalue weighted by Gasteiger charge is 2.20. The summed E-state index contributed by atoms with van der Waals surface area (Å²) in [5, 5.41) is 2.95. The zero-order valence-corrected chi connectivity index (χ0v) is 17.2. The minimum absolute atomic E-state index is 0.00215. The van der Waals surface area contributed by atoms with Gasteiger partial charge >= 0.3 is 6.09 Å². The third kappa shape index (κ3) is 6.71. The van der Waals surface area contributed by atoms with Crippen molar-refractivity contribution in [2.75, 3.05) is 7.11 Å². The van der Waals surface area contributed by atoms with E-state index in [1.54, 1.807) is 7.11 Å². The Balaban J connectivity index is 2.88. The van der Waals surface area contributed by atoms with E-state index in [-0.39, 0.29) is 12.1 Å². The Bertz CT molecular complexity index is 552. The number of hydrogen-bond donors (Lipinski definition) is 1. The Kier molecular flexibility index (Phi) is 8.07. The van der Waals surface area contributed by atoms with E-state index in [2.05, 4.69) is 47.2 Å². The van der Waals surface area contributed by atoms with E-state index < -0.39 is 5.60 Å². The lowest BCUT2D eigenvalue weighted by atomic mass is 10.00. The van der Waals surface area contributed by atoms with Crippen LogP contribution in [0.1, 0.15) is 58.6 Å². The summed E-state index contributed by atoms with van der Waals surface area (Å²) >= 11 is 3.65. The molecule has 1 unspecified atom stereocenters. The second-order valence-electron chi connectivity index (χ2n) is 6.96. The fourth-order valence-electron chi connectivity index (χ4n) is 2.48. The predicted molar refractivity (Wildman–Crippen MR) is 102 cm³/mol. The summed E-state index contributed by atoms with van der Waals surface area (Å²) in [6.45, 7) is 9.79. The SMILES string of the molecule is CCCc1cc(OC)c(CC(CC)NC(=O)OC(C)(C)C)cc1Br. The van der Waals surface area contributed by atoms with Crippen molar-refractivity contribution < 1.29 is 14.3 Å². The van der Waals surface area contributed by atoms with E-state index >= 15 is 0 Å². The molecule has 0 spiro atoms. The zero-order chi connectivity index (χ0) is 18.3. The Morgan fingerprint density at radius 1 is 1.25 bits per heavy atom. The molecule has 5 heteroatoms. The maximum atomic E-state index is 12.0. The molecule has 0 aliphatic rings. The molecular weight excluding hydrogens is 370 g/mol. The van der Waals surface area contributed by atoms with Gasteiger partial charge in [-0.2, -0.15) is 0 Å². The van der Waals surface area contributed by atoms with Crippen molar-refractivity contribution in [1.29, 1.82) is 0 Å². The minimum atomic E-state index is -0.495. The molecule has 0 radical (unpaired) electrons. The molecule has 0 aromatic heterocycles. The van der Waals surface area contributed by atoms with Crippen molar-refractivity contribution in [3.05, 3.63) is 27.7 Å². The maximum Gasteiger partial charge on any atom is 0.407 e. The van der Waals surface area contributed by atoms with Gasteiger partial charge in [-0.05, 0) is 63.3 Å². The first-order valence-electron chi connectivity index (χ1n) is 8.54. The average Bonchev–Trinajstić information content (AvgIpc) is 2.47. The normalized spacial score (nSPS) is 12.6. The van der Waals surface area contributed by atoms with E-state index in [0.717, 1.165) is 35.0 Å². The van der Waals surface area contributed by atoms with E-state index in [0.29, 0.717) is 6.42 Å². The van der Waals surface area contributed by atoms with Crippen LogP contribution in [-0.4, -0.2) is 24.8 Å². The van der Waals surface area contributed by atoms with Gasteiger partial charge in [0.25, 0.3) is 0 Å². The number of rotatable bonds is 7. The molecule has 1 amide bonds. The number of halogens is 1. The standard InChI is InChI=1S/C19H30BrNO3/c1-7-9-13-12-17(23-6)14(11-16(13)20)10-15(8-2)21-18(22)24-19(3,4)5/h11-12,15H,7-10H2,1-6H3,(H,21,22). The van der Waals surface area contributed by atoms with Crippen molar-refractivity contribution in [2.45, 2.75) is 71.9 Å². The fourth-order valence-corrected chi connectivity index (χ4v) is 3.07. The summed E-state index contributed by atoms with van der Waals surface area (Å²) in [5.41, 5.74) is 1.82. The summed E-state index contributed by atoms with van der Waals surface area (Å²) in [7, 11) is 1.69. The Morgan fingerprint density at radius 2 is 1.92 bits per heavy atom. The lowest BCUT2D eigenvalue weighted by Gasteiger charge is -2.24. The monoisotopic (exact) mass is 399 g/mol. The van der Waals surface area contributed by atoms with Crippen molar-refractivity contribution in [3.8, 4) is 5.75 Å². The van der Waals surface area contributed by atoms with Gasteiger partial charge in [0.05, 0.1) is 7.11 Å². The summed E-state index contributed by atoms with van der Waals surface area (Å²) in [4.78, 5) is 12.0. The number of hydrogen-bond acceptors (Lipinski definition) is 3. The van der Waals surface area contributed by atoms with Crippen LogP contribution in [0.2, 0.25) is 0 Å². The van der Waals surface area contributed by atoms with Crippen molar-refractivity contribution in [1.82, 2.24) is 5.32 Å². The maximum absolute atomic E-state index is 12.0. The Hall–Kier alpha value is -1.23. The van der Waals surface area contributed by atoms with Gasteiger partial charge in [-0.15, -0.1) is 0 Å². The van der Waals surface area contributed by atoms with Gasteiger partial charge in [-0.3, -0.25) is 0 Å². The van der Waals surface area contributed by atoms with Gasteiger partial charge in [0.15, 0.2) is 0 Å². The van der Waals surface area contributed by atoms with Crippen molar-refractivity contribution in [3.63, 3.8) is 0 Å². The molecule has 0 aliphatic heterocycles. The molecule has 0 heterocycles. The molecule has 1 aromatic carbocycles. The van der Waals surface area contributed by atoms with E-state index in [4.69, 9.17) is 9.47 Å². The Morgan fingerprint density at radius 3 is 2.42 bits per heavy atom. The molecule has 1 atom stereocenters. The molecule has 0 aliphatic carbocycles. The predicted octanol–water partition coefficient (Wildman–Crippen LogP) is 5.26. The number of alkyl carbamates (subject to hydrolysis) is 1. The molecule has 1 aromatic rings. The molecule has 4 nitrogen and oxygen atoms in total. The lowest BCUT2D eigenvalue weighted by Crippen LogP contribution is -2.40. The highest BCUT2D eigenvalue weighted by atomic mass is 79.9. The number of ether oxygens (including phenoxy) is 2. The molecule has 1 rings (SSSR count). The fraction of sp³-hybridized carbons (Fsp3) is 0.632. The number of amides is 1. The van der Waals surface area contributed by atoms with Gasteiger partial charge in [0.2, 0.25) is 0 Å². The number of carbonyl (C=O) groups is 1. The van der Waals surface area contributed by atoms with E-state index in [1.807, 2.05) is 20.8 Å². The first-order chi connectivity index (χ1) is 11.2. The first-order valence-corrected chi connectivity index (χ1v) is 9.34. The van der Waals surface area contributed by atoms with Gasteiger partial charge in [0.1, 0.15) is 11.4 Å². The highest BCUT2D eigenvalue weighted by Crippen LogP contribution is 2.29. The van der Waals surface area contributed by atoms with Crippen LogP contribution in [0.15, 0.2) is 16.6 Å². The molecule has 1 N–H and O–H groups in total. The van der Waals surface area contributed by atoms with Crippen LogP contribution >= 0.6 is 15.9 Å². The minimum Gasteiger partial charge on any atom is -0.496 e. The van der Waals surface area contributed by atoms with Crippen molar-refractivity contribution >= 4 is 22.0 Å². The van der Waals surface area contributed by atoms with Crippen LogP contribution in [0.3, 0.4) is 0 Å². The van der Waals surface area contributed by atoms with Gasteiger partial charge in [-0.1, -0.05) is 36.2 Å². The summed E-state index contributed by atoms with van der Waals surface area (Å²) in [5.74, 6) is 0.867. The quantitative estimate of drug-likeness (QED) is 0.680. The van der Waals surface area contributed by atoms with Crippen LogP contribution in [-0.2, 0) is 17.6 Å². The summed E-state index contributed by atoms with van der Waals surface area (Å²) < 4.78 is 12.0. The summed E-state index contributed by atoms with van der Waals surface area (Å²) in [6.07, 6.45) is 3.22. The first kappa shape index (κ1) is 20.8. The molecule has 136 valence electrons. The van der Waals surface area contributed by atoms with Crippen LogP contribution in [0.4, 0.5) is 4.79 Å². The smallest absolute Gasteiger partial charge is 0.407 e. The molecular formula is C19H30BrNO3. The Labute approximate surface area is 154 Å². The molecule has 24 heavy (non-hydrogen) atoms. The third-order valence-electron chi connectivity index (χ3n) is 3.65. The van der Waals surface area contributed by atoms with Crippen LogP contribution < -0.4 is 10.1 Å². The third-order valence-corrected chi connectivity index (χ3v) is 4.39. The number of methoxy groups -OCH3 is 1. The number of carbonyl (C=O) groups excluding carboxylic acids is 1. The number of benzene rings is 1. The number of aryl methyl sites for hydroxylation is 1. The second kappa shape index (κ2) is 9.30. The van der Waals surface area contributed by atoms with Crippen LogP contribution in [0, 0.1) is 0 Å². The molecule has 0 fully saturated rings. The van der Waals surface area contributed by atoms with Crippen LogP contribution in [0.5, 0.6) is 5.75 Å². The molecule has 0 saturated heterocycles. The topological polar surface area (TPSA) is 47.6 Å². The van der Waals surface area contributed by atoms with Gasteiger partial charge in [0, 0.05) is 10.5 Å². The van der Waals surface area contributed by atoms with E-state index in [9.17, 15) is 4.79 Å². The number of nitrogens with one attached hydrogen (secondary N) is 1. The average molecular weight is 400 g/mol. The molecule has 0 saturated carbocycles.